The SMILES string of the molecule is CCCc1cc(CCl)cc(N(CC)c2cccc(C)c2)n1. The first kappa shape index (κ1) is 15.8. The number of hydrogen-bond donors (Lipinski definition) is 0. The molecule has 1 heterocycles. The molecular weight excluding hydrogens is 280 g/mol. The number of aromatic nitrogens is 1. The Bertz CT molecular complexity index is 596. The largest absolute Gasteiger partial charge is 0.327 e. The summed E-state index contributed by atoms with van der Waals surface area (Å²) in [5.74, 6) is 1.52. The van der Waals surface area contributed by atoms with Crippen molar-refractivity contribution in [3.05, 3.63) is 53.2 Å². The first-order valence-electron chi connectivity index (χ1n) is 7.58. The Kier molecular flexibility index (Phi) is 5.63. The van der Waals surface area contributed by atoms with E-state index in [1.54, 1.807) is 0 Å². The van der Waals surface area contributed by atoms with Crippen LogP contribution in [0.2, 0.25) is 0 Å². The average molecular weight is 303 g/mol. The van der Waals surface area contributed by atoms with Gasteiger partial charge in [0, 0.05) is 23.8 Å². The molecule has 0 unspecified atom stereocenters. The van der Waals surface area contributed by atoms with Crippen molar-refractivity contribution in [2.24, 2.45) is 0 Å². The Morgan fingerprint density at radius 3 is 2.57 bits per heavy atom. The van der Waals surface area contributed by atoms with Gasteiger partial charge in [-0.15, -0.1) is 11.6 Å². The molecule has 3 heteroatoms. The lowest BCUT2D eigenvalue weighted by Gasteiger charge is -2.23. The third kappa shape index (κ3) is 3.98. The van der Waals surface area contributed by atoms with E-state index in [0.29, 0.717) is 5.88 Å². The van der Waals surface area contributed by atoms with Gasteiger partial charge in [-0.3, -0.25) is 0 Å². The first-order valence-corrected chi connectivity index (χ1v) is 8.11. The normalized spacial score (nSPS) is 10.7. The van der Waals surface area contributed by atoms with Gasteiger partial charge in [-0.1, -0.05) is 25.5 Å². The van der Waals surface area contributed by atoms with Gasteiger partial charge in [0.1, 0.15) is 5.82 Å². The van der Waals surface area contributed by atoms with Crippen LogP contribution in [0.25, 0.3) is 0 Å². The molecule has 0 saturated carbocycles. The van der Waals surface area contributed by atoms with Gasteiger partial charge in [-0.05, 0) is 55.7 Å². The van der Waals surface area contributed by atoms with Gasteiger partial charge in [0.15, 0.2) is 0 Å². The van der Waals surface area contributed by atoms with Crippen molar-refractivity contribution < 1.29 is 0 Å². The van der Waals surface area contributed by atoms with Gasteiger partial charge < -0.3 is 4.90 Å². The van der Waals surface area contributed by atoms with E-state index >= 15 is 0 Å². The summed E-state index contributed by atoms with van der Waals surface area (Å²) in [5, 5.41) is 0. The number of benzene rings is 1. The summed E-state index contributed by atoms with van der Waals surface area (Å²) in [6.45, 7) is 7.32. The van der Waals surface area contributed by atoms with Crippen molar-refractivity contribution in [3.63, 3.8) is 0 Å². The van der Waals surface area contributed by atoms with Crippen molar-refractivity contribution >= 4 is 23.1 Å². The molecule has 0 bridgehead atoms. The summed E-state index contributed by atoms with van der Waals surface area (Å²) in [7, 11) is 0. The Morgan fingerprint density at radius 1 is 1.14 bits per heavy atom. The number of alkyl halides is 1. The molecule has 0 amide bonds. The number of anilines is 2. The predicted molar refractivity (Wildman–Crippen MR) is 91.6 cm³/mol. The quantitative estimate of drug-likeness (QED) is 0.678. The van der Waals surface area contributed by atoms with Crippen LogP contribution in [0.3, 0.4) is 0 Å². The summed E-state index contributed by atoms with van der Waals surface area (Å²) < 4.78 is 0. The smallest absolute Gasteiger partial charge is 0.133 e. The summed E-state index contributed by atoms with van der Waals surface area (Å²) >= 11 is 6.04. The predicted octanol–water partition coefficient (Wildman–Crippen LogP) is 5.24. The van der Waals surface area contributed by atoms with Crippen LogP contribution in [0.4, 0.5) is 11.5 Å². The monoisotopic (exact) mass is 302 g/mol. The zero-order chi connectivity index (χ0) is 15.2. The van der Waals surface area contributed by atoms with E-state index < -0.39 is 0 Å². The molecule has 0 fully saturated rings. The maximum absolute atomic E-state index is 6.04. The molecule has 2 nitrogen and oxygen atoms in total. The van der Waals surface area contributed by atoms with E-state index in [4.69, 9.17) is 16.6 Å². The molecule has 112 valence electrons. The fourth-order valence-corrected chi connectivity index (χ4v) is 2.66. The summed E-state index contributed by atoms with van der Waals surface area (Å²) in [6.07, 6.45) is 2.08. The fourth-order valence-electron chi connectivity index (χ4n) is 2.51. The molecule has 0 radical (unpaired) electrons. The van der Waals surface area contributed by atoms with E-state index in [9.17, 15) is 0 Å². The molecule has 21 heavy (non-hydrogen) atoms. The van der Waals surface area contributed by atoms with E-state index in [1.165, 1.54) is 11.3 Å². The van der Waals surface area contributed by atoms with Gasteiger partial charge in [-0.25, -0.2) is 4.98 Å². The highest BCUT2D eigenvalue weighted by atomic mass is 35.5. The summed E-state index contributed by atoms with van der Waals surface area (Å²) in [4.78, 5) is 7.05. The third-order valence-corrected chi connectivity index (χ3v) is 3.80. The molecule has 0 aliphatic rings. The van der Waals surface area contributed by atoms with Crippen LogP contribution in [0.5, 0.6) is 0 Å². The number of pyridine rings is 1. The van der Waals surface area contributed by atoms with Crippen molar-refractivity contribution in [2.45, 2.75) is 39.5 Å². The second kappa shape index (κ2) is 7.46. The second-order valence-electron chi connectivity index (χ2n) is 5.29. The lowest BCUT2D eigenvalue weighted by atomic mass is 10.1. The van der Waals surface area contributed by atoms with Crippen LogP contribution < -0.4 is 4.90 Å². The van der Waals surface area contributed by atoms with Crippen molar-refractivity contribution in [1.82, 2.24) is 4.98 Å². The molecule has 2 aromatic rings. The van der Waals surface area contributed by atoms with Crippen LogP contribution in [-0.2, 0) is 12.3 Å². The zero-order valence-electron chi connectivity index (χ0n) is 13.1. The van der Waals surface area contributed by atoms with Crippen LogP contribution >= 0.6 is 11.6 Å². The van der Waals surface area contributed by atoms with E-state index in [-0.39, 0.29) is 0 Å². The minimum atomic E-state index is 0.525. The van der Waals surface area contributed by atoms with Gasteiger partial charge in [0.25, 0.3) is 0 Å². The van der Waals surface area contributed by atoms with Gasteiger partial charge in [-0.2, -0.15) is 0 Å². The maximum Gasteiger partial charge on any atom is 0.133 e. The Morgan fingerprint density at radius 2 is 1.95 bits per heavy atom. The van der Waals surface area contributed by atoms with E-state index in [2.05, 4.69) is 62.1 Å². The maximum atomic E-state index is 6.04. The average Bonchev–Trinajstić information content (AvgIpc) is 2.48. The van der Waals surface area contributed by atoms with Gasteiger partial charge in [0.05, 0.1) is 0 Å². The number of nitrogens with zero attached hydrogens (tertiary/aromatic N) is 2. The molecule has 0 atom stereocenters. The molecule has 0 aliphatic heterocycles. The molecule has 0 N–H and O–H groups in total. The number of rotatable bonds is 6. The van der Waals surface area contributed by atoms with Crippen LogP contribution in [0.1, 0.15) is 37.1 Å². The first-order chi connectivity index (χ1) is 10.2. The molecule has 0 aliphatic carbocycles. The Hall–Kier alpha value is -1.54. The lowest BCUT2D eigenvalue weighted by Crippen LogP contribution is -2.18. The summed E-state index contributed by atoms with van der Waals surface area (Å²) in [6, 6.07) is 12.7. The second-order valence-corrected chi connectivity index (χ2v) is 5.56. The number of aryl methyl sites for hydroxylation is 2. The molecular formula is C18H23ClN2. The highest BCUT2D eigenvalue weighted by Gasteiger charge is 2.11. The number of hydrogen-bond acceptors (Lipinski definition) is 2. The fraction of sp³-hybridized carbons (Fsp3) is 0.389. The van der Waals surface area contributed by atoms with Crippen molar-refractivity contribution in [1.29, 1.82) is 0 Å². The number of halogens is 1. The minimum absolute atomic E-state index is 0.525. The lowest BCUT2D eigenvalue weighted by molar-refractivity contribution is 0.868. The summed E-state index contributed by atoms with van der Waals surface area (Å²) in [5.41, 5.74) is 4.69. The molecule has 0 spiro atoms. The highest BCUT2D eigenvalue weighted by Crippen LogP contribution is 2.26. The molecule has 0 saturated heterocycles. The standard InChI is InChI=1S/C18H23ClN2/c1-4-7-16-11-15(13-19)12-18(20-16)21(5-2)17-9-6-8-14(3)10-17/h6,8-12H,4-5,7,13H2,1-3H3. The molecule has 1 aromatic carbocycles. The molecule has 2 rings (SSSR count). The van der Waals surface area contributed by atoms with Crippen molar-refractivity contribution in [3.8, 4) is 0 Å². The zero-order valence-corrected chi connectivity index (χ0v) is 13.8. The van der Waals surface area contributed by atoms with Crippen LogP contribution in [-0.4, -0.2) is 11.5 Å². The van der Waals surface area contributed by atoms with Gasteiger partial charge >= 0.3 is 0 Å². The Balaban J connectivity index is 2.43. The van der Waals surface area contributed by atoms with E-state index in [0.717, 1.165) is 36.5 Å². The van der Waals surface area contributed by atoms with Gasteiger partial charge in [0.2, 0.25) is 0 Å². The highest BCUT2D eigenvalue weighted by molar-refractivity contribution is 6.17. The Labute approximate surface area is 132 Å². The topological polar surface area (TPSA) is 16.1 Å². The van der Waals surface area contributed by atoms with Crippen molar-refractivity contribution in [2.75, 3.05) is 11.4 Å². The minimum Gasteiger partial charge on any atom is -0.327 e. The molecule has 1 aromatic heterocycles. The van der Waals surface area contributed by atoms with E-state index in [1.807, 2.05) is 0 Å². The third-order valence-electron chi connectivity index (χ3n) is 3.49. The van der Waals surface area contributed by atoms with Crippen LogP contribution in [0, 0.1) is 6.92 Å². The van der Waals surface area contributed by atoms with Crippen LogP contribution in [0.15, 0.2) is 36.4 Å².